The van der Waals surface area contributed by atoms with Gasteiger partial charge in [-0.2, -0.15) is 0 Å². The molecule has 1 fully saturated rings. The van der Waals surface area contributed by atoms with Crippen molar-refractivity contribution in [2.45, 2.75) is 37.6 Å². The highest BCUT2D eigenvalue weighted by atomic mass is 79.9. The number of hydrogen-bond acceptors (Lipinski definition) is 3. The second-order valence-electron chi connectivity index (χ2n) is 4.72. The molecule has 0 bridgehead atoms. The van der Waals surface area contributed by atoms with Gasteiger partial charge in [0.05, 0.1) is 0 Å². The Bertz CT molecular complexity index is 311. The summed E-state index contributed by atoms with van der Waals surface area (Å²) < 4.78 is 25.5. The normalized spacial score (nSPS) is 21.2. The van der Waals surface area contributed by atoms with E-state index in [0.29, 0.717) is 6.54 Å². The van der Waals surface area contributed by atoms with Crippen molar-refractivity contribution in [1.82, 2.24) is 9.62 Å². The van der Waals surface area contributed by atoms with Gasteiger partial charge in [0.1, 0.15) is 4.66 Å². The van der Waals surface area contributed by atoms with Crippen LogP contribution >= 0.6 is 15.9 Å². The van der Waals surface area contributed by atoms with Gasteiger partial charge in [-0.05, 0) is 26.9 Å². The number of alkyl halides is 1. The molecule has 0 aliphatic heterocycles. The summed E-state index contributed by atoms with van der Waals surface area (Å²) in [6.45, 7) is 0.522. The molecule has 1 aliphatic rings. The minimum atomic E-state index is -3.15. The maximum absolute atomic E-state index is 11.4. The molecule has 0 aromatic carbocycles. The Morgan fingerprint density at radius 2 is 1.81 bits per heavy atom. The molecule has 0 spiro atoms. The Labute approximate surface area is 107 Å². The molecule has 0 atom stereocenters. The first-order valence-corrected chi connectivity index (χ1v) is 8.40. The molecule has 0 aromatic rings. The molecule has 96 valence electrons. The number of halogens is 1. The van der Waals surface area contributed by atoms with Crippen LogP contribution in [0.4, 0.5) is 0 Å². The topological polar surface area (TPSA) is 49.4 Å². The van der Waals surface area contributed by atoms with Crippen LogP contribution in [0.1, 0.15) is 32.1 Å². The molecule has 0 unspecified atom stereocenters. The average Bonchev–Trinajstić information content (AvgIpc) is 2.28. The number of sulfonamides is 1. The highest BCUT2D eigenvalue weighted by molar-refractivity contribution is 9.10. The van der Waals surface area contributed by atoms with Crippen molar-refractivity contribution in [3.05, 3.63) is 0 Å². The lowest BCUT2D eigenvalue weighted by molar-refractivity contribution is 0.105. The molecule has 1 N–H and O–H groups in total. The standard InChI is InChI=1S/C10H21BrN2O2S/c1-13(2)10(6-4-3-5-7-10)8-12-16(14,15)9-11/h12H,3-9H2,1-2H3. The van der Waals surface area contributed by atoms with E-state index >= 15 is 0 Å². The third-order valence-electron chi connectivity index (χ3n) is 3.50. The number of nitrogens with one attached hydrogen (secondary N) is 1. The fourth-order valence-electron chi connectivity index (χ4n) is 2.27. The van der Waals surface area contributed by atoms with E-state index in [1.54, 1.807) is 0 Å². The van der Waals surface area contributed by atoms with Crippen LogP contribution in [-0.2, 0) is 10.0 Å². The maximum atomic E-state index is 11.4. The van der Waals surface area contributed by atoms with E-state index in [1.165, 1.54) is 19.3 Å². The van der Waals surface area contributed by atoms with Crippen LogP contribution in [0.25, 0.3) is 0 Å². The Morgan fingerprint density at radius 3 is 2.25 bits per heavy atom. The Hall–Kier alpha value is 0.350. The Morgan fingerprint density at radius 1 is 1.25 bits per heavy atom. The average molecular weight is 313 g/mol. The van der Waals surface area contributed by atoms with Gasteiger partial charge in [0, 0.05) is 12.1 Å². The molecule has 0 radical (unpaired) electrons. The minimum Gasteiger partial charge on any atom is -0.302 e. The van der Waals surface area contributed by atoms with Crippen LogP contribution in [0.15, 0.2) is 0 Å². The largest absolute Gasteiger partial charge is 0.302 e. The minimum absolute atomic E-state index is 0.00743. The summed E-state index contributed by atoms with van der Waals surface area (Å²) in [5.74, 6) is 0. The zero-order valence-corrected chi connectivity index (χ0v) is 12.4. The molecule has 1 saturated carbocycles. The number of nitrogens with zero attached hydrogens (tertiary/aromatic N) is 1. The molecular weight excluding hydrogens is 292 g/mol. The molecule has 0 amide bonds. The van der Waals surface area contributed by atoms with Crippen molar-refractivity contribution in [2.75, 3.05) is 25.3 Å². The van der Waals surface area contributed by atoms with Gasteiger partial charge in [0.15, 0.2) is 0 Å². The van der Waals surface area contributed by atoms with E-state index in [2.05, 4.69) is 25.6 Å². The van der Waals surface area contributed by atoms with Gasteiger partial charge in [-0.3, -0.25) is 0 Å². The van der Waals surface area contributed by atoms with Crippen molar-refractivity contribution in [3.63, 3.8) is 0 Å². The van der Waals surface area contributed by atoms with Crippen LogP contribution in [-0.4, -0.2) is 44.2 Å². The van der Waals surface area contributed by atoms with E-state index in [-0.39, 0.29) is 10.2 Å². The van der Waals surface area contributed by atoms with Gasteiger partial charge in [0.25, 0.3) is 0 Å². The van der Waals surface area contributed by atoms with Gasteiger partial charge in [-0.15, -0.1) is 0 Å². The van der Waals surface area contributed by atoms with Crippen LogP contribution < -0.4 is 4.72 Å². The molecule has 0 saturated heterocycles. The predicted octanol–water partition coefficient (Wildman–Crippen LogP) is 1.52. The van der Waals surface area contributed by atoms with Crippen molar-refractivity contribution >= 4 is 26.0 Å². The van der Waals surface area contributed by atoms with Gasteiger partial charge in [-0.25, -0.2) is 13.1 Å². The second-order valence-corrected chi connectivity index (χ2v) is 7.83. The van der Waals surface area contributed by atoms with Crippen molar-refractivity contribution in [2.24, 2.45) is 0 Å². The molecular formula is C10H21BrN2O2S. The lowest BCUT2D eigenvalue weighted by Crippen LogP contribution is -2.53. The van der Waals surface area contributed by atoms with Crippen molar-refractivity contribution in [1.29, 1.82) is 0 Å². The lowest BCUT2D eigenvalue weighted by Gasteiger charge is -2.43. The third-order valence-corrected chi connectivity index (χ3v) is 6.18. The van der Waals surface area contributed by atoms with Gasteiger partial charge < -0.3 is 4.90 Å². The molecule has 16 heavy (non-hydrogen) atoms. The number of hydrogen-bond donors (Lipinski definition) is 1. The van der Waals surface area contributed by atoms with Crippen LogP contribution in [0.3, 0.4) is 0 Å². The fourth-order valence-corrected chi connectivity index (χ4v) is 3.33. The summed E-state index contributed by atoms with van der Waals surface area (Å²) >= 11 is 2.99. The smallest absolute Gasteiger partial charge is 0.221 e. The highest BCUT2D eigenvalue weighted by Gasteiger charge is 2.34. The summed E-state index contributed by atoms with van der Waals surface area (Å²) in [7, 11) is 0.920. The maximum Gasteiger partial charge on any atom is 0.221 e. The monoisotopic (exact) mass is 312 g/mol. The van der Waals surface area contributed by atoms with E-state index in [4.69, 9.17) is 0 Å². The SMILES string of the molecule is CN(C)C1(CNS(=O)(=O)CBr)CCCCC1. The first-order valence-electron chi connectivity index (χ1n) is 5.63. The first kappa shape index (κ1) is 14.4. The van der Waals surface area contributed by atoms with Crippen LogP contribution in [0.5, 0.6) is 0 Å². The molecule has 1 rings (SSSR count). The molecule has 4 nitrogen and oxygen atoms in total. The summed E-state index contributed by atoms with van der Waals surface area (Å²) in [4.78, 5) is 2.17. The molecule has 1 aliphatic carbocycles. The van der Waals surface area contributed by atoms with E-state index in [1.807, 2.05) is 14.1 Å². The van der Waals surface area contributed by atoms with E-state index in [0.717, 1.165) is 12.8 Å². The summed E-state index contributed by atoms with van der Waals surface area (Å²) in [5.41, 5.74) is 0.00743. The Kier molecular flexibility index (Phi) is 5.22. The summed E-state index contributed by atoms with van der Waals surface area (Å²) in [6, 6.07) is 0. The lowest BCUT2D eigenvalue weighted by atomic mass is 9.81. The second kappa shape index (κ2) is 5.80. The van der Waals surface area contributed by atoms with E-state index in [9.17, 15) is 8.42 Å². The predicted molar refractivity (Wildman–Crippen MR) is 70.2 cm³/mol. The summed E-state index contributed by atoms with van der Waals surface area (Å²) in [6.07, 6.45) is 5.79. The van der Waals surface area contributed by atoms with Gasteiger partial charge in [-0.1, -0.05) is 35.2 Å². The van der Waals surface area contributed by atoms with Gasteiger partial charge >= 0.3 is 0 Å². The van der Waals surface area contributed by atoms with Crippen molar-refractivity contribution in [3.8, 4) is 0 Å². The van der Waals surface area contributed by atoms with E-state index < -0.39 is 10.0 Å². The number of rotatable bonds is 5. The zero-order chi connectivity index (χ0) is 12.2. The van der Waals surface area contributed by atoms with Crippen molar-refractivity contribution < 1.29 is 8.42 Å². The van der Waals surface area contributed by atoms with Gasteiger partial charge in [0.2, 0.25) is 10.0 Å². The Balaban J connectivity index is 2.65. The third kappa shape index (κ3) is 3.68. The first-order chi connectivity index (χ1) is 7.42. The highest BCUT2D eigenvalue weighted by Crippen LogP contribution is 2.31. The van der Waals surface area contributed by atoms with Crippen LogP contribution in [0.2, 0.25) is 0 Å². The number of likely N-dealkylation sites (N-methyl/N-ethyl adjacent to an activating group) is 1. The quantitative estimate of drug-likeness (QED) is 0.783. The molecule has 0 aromatic heterocycles. The molecule has 0 heterocycles. The van der Waals surface area contributed by atoms with Crippen LogP contribution in [0, 0.1) is 0 Å². The summed E-state index contributed by atoms with van der Waals surface area (Å²) in [5, 5.41) is 0. The molecule has 6 heteroatoms. The zero-order valence-electron chi connectivity index (χ0n) is 10.00. The fraction of sp³-hybridized carbons (Fsp3) is 1.00.